The number of likely N-dealkylation sites (N-methyl/N-ethyl adjacent to an activating group) is 2. The van der Waals surface area contributed by atoms with Crippen molar-refractivity contribution in [2.45, 2.75) is 89.1 Å². The molecule has 4 unspecified atom stereocenters. The van der Waals surface area contributed by atoms with Crippen molar-refractivity contribution in [1.29, 1.82) is 0 Å². The molecule has 2 heterocycles. The fourth-order valence-corrected chi connectivity index (χ4v) is 8.62. The molecule has 2 aromatic carbocycles. The number of Topliss-reactive ketones (excluding diaryl/α,β-unsaturated/α-hetero) is 1. The highest BCUT2D eigenvalue weighted by atomic mass is 16.5. The third-order valence-electron chi connectivity index (χ3n) is 12.0. The zero-order chi connectivity index (χ0) is 35.8. The third kappa shape index (κ3) is 12.0. The summed E-state index contributed by atoms with van der Waals surface area (Å²) in [4.78, 5) is 25.3. The predicted molar refractivity (Wildman–Crippen MR) is 208 cm³/mol. The van der Waals surface area contributed by atoms with Crippen molar-refractivity contribution >= 4 is 5.78 Å². The van der Waals surface area contributed by atoms with Gasteiger partial charge in [0.1, 0.15) is 5.78 Å². The molecule has 2 fully saturated rings. The Hall–Kier alpha value is -2.13. The van der Waals surface area contributed by atoms with Gasteiger partial charge in [-0.3, -0.25) is 14.6 Å². The monoisotopic (exact) mass is 691 g/mol. The molecule has 2 aromatic rings. The van der Waals surface area contributed by atoms with Crippen LogP contribution in [-0.4, -0.2) is 130 Å². The number of nitrogens with zero attached hydrogens (tertiary/aromatic N) is 4. The number of morpholine rings is 2. The Morgan fingerprint density at radius 1 is 0.640 bits per heavy atom. The number of ether oxygens (including phenoxy) is 2. The van der Waals surface area contributed by atoms with Crippen molar-refractivity contribution < 1.29 is 14.3 Å². The van der Waals surface area contributed by atoms with E-state index in [4.69, 9.17) is 9.47 Å². The molecular weight excluding hydrogens is 620 g/mol. The summed E-state index contributed by atoms with van der Waals surface area (Å²) in [5, 5.41) is 0. The predicted octanol–water partition coefficient (Wildman–Crippen LogP) is 6.70. The van der Waals surface area contributed by atoms with E-state index in [1.807, 2.05) is 0 Å². The Morgan fingerprint density at radius 2 is 1.00 bits per heavy atom. The van der Waals surface area contributed by atoms with E-state index in [1.165, 1.54) is 11.1 Å². The van der Waals surface area contributed by atoms with Crippen LogP contribution in [0.5, 0.6) is 0 Å². The van der Waals surface area contributed by atoms with Gasteiger partial charge in [-0.2, -0.15) is 0 Å². The lowest BCUT2D eigenvalue weighted by Crippen LogP contribution is -2.53. The molecule has 0 aromatic heterocycles. The maximum absolute atomic E-state index is 15.2. The second kappa shape index (κ2) is 20.8. The Morgan fingerprint density at radius 3 is 1.32 bits per heavy atom. The van der Waals surface area contributed by atoms with E-state index in [1.54, 1.807) is 0 Å². The van der Waals surface area contributed by atoms with Crippen LogP contribution in [-0.2, 0) is 27.1 Å². The molecule has 0 aliphatic carbocycles. The number of hydrogen-bond donors (Lipinski definition) is 0. The van der Waals surface area contributed by atoms with Crippen LogP contribution in [0.4, 0.5) is 0 Å². The first-order valence-electron chi connectivity index (χ1n) is 19.8. The van der Waals surface area contributed by atoms with Gasteiger partial charge in [-0.1, -0.05) is 87.4 Å². The van der Waals surface area contributed by atoms with Crippen LogP contribution in [0.3, 0.4) is 0 Å². The van der Waals surface area contributed by atoms with Crippen molar-refractivity contribution in [1.82, 2.24) is 19.6 Å². The lowest BCUT2D eigenvalue weighted by Gasteiger charge is -2.46. The van der Waals surface area contributed by atoms with Crippen LogP contribution in [0.15, 0.2) is 60.7 Å². The zero-order valence-electron chi connectivity index (χ0n) is 32.6. The maximum atomic E-state index is 15.2. The summed E-state index contributed by atoms with van der Waals surface area (Å²) in [6.45, 7) is 13.8. The molecule has 0 radical (unpaired) electrons. The van der Waals surface area contributed by atoms with Gasteiger partial charge in [-0.15, -0.1) is 0 Å². The molecule has 4 rings (SSSR count). The normalized spacial score (nSPS) is 20.0. The first kappa shape index (κ1) is 40.6. The third-order valence-corrected chi connectivity index (χ3v) is 12.0. The van der Waals surface area contributed by atoms with E-state index in [2.05, 4.69) is 122 Å². The van der Waals surface area contributed by atoms with Crippen LogP contribution in [0.25, 0.3) is 0 Å². The van der Waals surface area contributed by atoms with Crippen LogP contribution < -0.4 is 0 Å². The van der Waals surface area contributed by atoms with Crippen molar-refractivity contribution in [3.8, 4) is 0 Å². The smallest absolute Gasteiger partial charge is 0.139 e. The van der Waals surface area contributed by atoms with Gasteiger partial charge < -0.3 is 19.3 Å². The van der Waals surface area contributed by atoms with E-state index < -0.39 is 0 Å². The van der Waals surface area contributed by atoms with Gasteiger partial charge >= 0.3 is 0 Å². The van der Waals surface area contributed by atoms with Crippen molar-refractivity contribution in [2.75, 3.05) is 93.9 Å². The number of benzene rings is 2. The van der Waals surface area contributed by atoms with Gasteiger partial charge in [0.05, 0.1) is 26.4 Å². The summed E-state index contributed by atoms with van der Waals surface area (Å²) in [6.07, 6.45) is 9.71. The lowest BCUT2D eigenvalue weighted by molar-refractivity contribution is -0.130. The minimum atomic E-state index is -0.120. The van der Waals surface area contributed by atoms with E-state index in [0.29, 0.717) is 5.78 Å². The fraction of sp³-hybridized carbons (Fsp3) is 0.698. The summed E-state index contributed by atoms with van der Waals surface area (Å²) in [5.74, 6) is 0.566. The molecule has 7 nitrogen and oxygen atoms in total. The summed E-state index contributed by atoms with van der Waals surface area (Å²) >= 11 is 0. The standard InChI is InChI=1S/C43H70N4O3/c1-7-15-39(35-42(44(3)4,33-37-17-11-9-12-18-37)21-23-46-25-29-49-30-26-46)41(48)40(16-8-2)36-43(45(5)6,34-38-19-13-10-14-20-38)22-24-47-27-31-50-32-28-47/h9-14,17-20,39-40H,7-8,15-16,21-36H2,1-6H3. The molecule has 2 aliphatic rings. The van der Waals surface area contributed by atoms with Gasteiger partial charge in [0.25, 0.3) is 0 Å². The summed E-state index contributed by atoms with van der Waals surface area (Å²) in [7, 11) is 9.01. The number of hydrogen-bond acceptors (Lipinski definition) is 7. The Labute approximate surface area is 305 Å². The van der Waals surface area contributed by atoms with Crippen molar-refractivity contribution in [2.24, 2.45) is 11.8 Å². The zero-order valence-corrected chi connectivity index (χ0v) is 32.6. The van der Waals surface area contributed by atoms with Gasteiger partial charge in [-0.05, 0) is 90.7 Å². The first-order chi connectivity index (χ1) is 24.2. The molecule has 0 amide bonds. The highest BCUT2D eigenvalue weighted by Gasteiger charge is 2.42. The molecule has 50 heavy (non-hydrogen) atoms. The quantitative estimate of drug-likeness (QED) is 0.136. The molecule has 0 N–H and O–H groups in total. The van der Waals surface area contributed by atoms with E-state index >= 15 is 4.79 Å². The average molecular weight is 691 g/mol. The van der Waals surface area contributed by atoms with Crippen molar-refractivity contribution in [3.63, 3.8) is 0 Å². The van der Waals surface area contributed by atoms with Gasteiger partial charge in [0.2, 0.25) is 0 Å². The number of rotatable bonds is 22. The molecule has 0 bridgehead atoms. The highest BCUT2D eigenvalue weighted by Crippen LogP contribution is 2.39. The van der Waals surface area contributed by atoms with E-state index in [-0.39, 0.29) is 22.9 Å². The van der Waals surface area contributed by atoms with Crippen LogP contribution in [0, 0.1) is 11.8 Å². The Bertz CT molecular complexity index is 1120. The number of carbonyl (C=O) groups excluding carboxylic acids is 1. The SMILES string of the molecule is CCCC(CC(CCN1CCOCC1)(Cc1ccccc1)N(C)C)C(=O)C(CCC)CC(CCN1CCOCC1)(Cc1ccccc1)N(C)C. The van der Waals surface area contributed by atoms with Gasteiger partial charge in [-0.25, -0.2) is 0 Å². The van der Waals surface area contributed by atoms with Gasteiger partial charge in [0.15, 0.2) is 0 Å². The van der Waals surface area contributed by atoms with Crippen molar-refractivity contribution in [3.05, 3.63) is 71.8 Å². The Balaban J connectivity index is 1.65. The summed E-state index contributed by atoms with van der Waals surface area (Å²) in [5.41, 5.74) is 2.47. The molecule has 2 aliphatic heterocycles. The number of carbonyl (C=O) groups is 1. The fourth-order valence-electron chi connectivity index (χ4n) is 8.62. The minimum absolute atomic E-state index is 0.0307. The molecule has 7 heteroatoms. The molecule has 0 spiro atoms. The van der Waals surface area contributed by atoms with E-state index in [0.717, 1.165) is 130 Å². The lowest BCUT2D eigenvalue weighted by atomic mass is 9.70. The van der Waals surface area contributed by atoms with Gasteiger partial charge in [0, 0.05) is 62.2 Å². The topological polar surface area (TPSA) is 48.5 Å². The molecule has 4 atom stereocenters. The Kier molecular flexibility index (Phi) is 16.9. The first-order valence-corrected chi connectivity index (χ1v) is 19.8. The van der Waals surface area contributed by atoms with Crippen LogP contribution in [0.2, 0.25) is 0 Å². The van der Waals surface area contributed by atoms with Crippen LogP contribution >= 0.6 is 0 Å². The summed E-state index contributed by atoms with van der Waals surface area (Å²) in [6, 6.07) is 21.9. The molecule has 0 saturated carbocycles. The van der Waals surface area contributed by atoms with E-state index in [9.17, 15) is 0 Å². The molecular formula is C43H70N4O3. The second-order valence-electron chi connectivity index (χ2n) is 15.8. The second-order valence-corrected chi connectivity index (χ2v) is 15.8. The molecule has 2 saturated heterocycles. The average Bonchev–Trinajstić information content (AvgIpc) is 3.13. The number of ketones is 1. The minimum Gasteiger partial charge on any atom is -0.379 e. The molecule has 280 valence electrons. The maximum Gasteiger partial charge on any atom is 0.139 e. The van der Waals surface area contributed by atoms with Crippen LogP contribution in [0.1, 0.15) is 76.3 Å². The summed E-state index contributed by atoms with van der Waals surface area (Å²) < 4.78 is 11.4. The highest BCUT2D eigenvalue weighted by molar-refractivity contribution is 5.83. The largest absolute Gasteiger partial charge is 0.379 e.